The summed E-state index contributed by atoms with van der Waals surface area (Å²) < 4.78 is 0. The summed E-state index contributed by atoms with van der Waals surface area (Å²) in [7, 11) is 0. The van der Waals surface area contributed by atoms with E-state index in [1.54, 1.807) is 0 Å². The Morgan fingerprint density at radius 1 is 1.12 bits per heavy atom. The van der Waals surface area contributed by atoms with Gasteiger partial charge in [-0.3, -0.25) is 4.79 Å². The minimum atomic E-state index is -0.170. The normalized spacial score (nSPS) is 11.4. The second-order valence-corrected chi connectivity index (χ2v) is 8.75. The van der Waals surface area contributed by atoms with Crippen LogP contribution in [0.2, 0.25) is 0 Å². The molecule has 2 aromatic carbocycles. The maximum Gasteiger partial charge on any atom is 0.189 e. The lowest BCUT2D eigenvalue weighted by Crippen LogP contribution is -2.13. The number of phenolic OH excluding ortho intramolecular Hbond substituents is 1. The molecule has 2 nitrogen and oxygen atoms in total. The number of aryl methyl sites for hydroxylation is 1. The highest BCUT2D eigenvalue weighted by Gasteiger charge is 2.21. The van der Waals surface area contributed by atoms with Crippen molar-refractivity contribution < 1.29 is 9.90 Å². The van der Waals surface area contributed by atoms with Gasteiger partial charge in [0.1, 0.15) is 5.75 Å². The third-order valence-electron chi connectivity index (χ3n) is 4.30. The van der Waals surface area contributed by atoms with E-state index in [1.807, 2.05) is 49.4 Å². The van der Waals surface area contributed by atoms with Crippen LogP contribution in [0.4, 0.5) is 0 Å². The summed E-state index contributed by atoms with van der Waals surface area (Å²) in [5.74, 6) is 1.01. The van der Waals surface area contributed by atoms with Gasteiger partial charge in [0.15, 0.2) is 5.12 Å². The molecular weight excluding hydrogens is 340 g/mol. The van der Waals surface area contributed by atoms with E-state index in [-0.39, 0.29) is 10.5 Å². The summed E-state index contributed by atoms with van der Waals surface area (Å²) in [4.78, 5) is 12.3. The summed E-state index contributed by atoms with van der Waals surface area (Å²) in [6.45, 7) is 12.1. The van der Waals surface area contributed by atoms with Crippen LogP contribution >= 0.6 is 11.8 Å². The summed E-state index contributed by atoms with van der Waals surface area (Å²) in [6.07, 6.45) is 1.16. The first-order valence-electron chi connectivity index (χ1n) is 8.90. The molecule has 26 heavy (non-hydrogen) atoms. The van der Waals surface area contributed by atoms with Crippen LogP contribution in [0.5, 0.6) is 5.75 Å². The van der Waals surface area contributed by atoms with Crippen LogP contribution in [-0.4, -0.2) is 10.2 Å². The van der Waals surface area contributed by atoms with E-state index in [1.165, 1.54) is 11.8 Å². The van der Waals surface area contributed by atoms with Crippen molar-refractivity contribution in [1.82, 2.24) is 0 Å². The molecule has 0 atom stereocenters. The number of hydrogen-bond acceptors (Lipinski definition) is 3. The third-order valence-corrected chi connectivity index (χ3v) is 5.30. The van der Waals surface area contributed by atoms with Gasteiger partial charge in [-0.05, 0) is 41.5 Å². The Morgan fingerprint density at radius 3 is 2.35 bits per heavy atom. The van der Waals surface area contributed by atoms with Crippen molar-refractivity contribution in [2.24, 2.45) is 0 Å². The minimum Gasteiger partial charge on any atom is -0.507 e. The second kappa shape index (κ2) is 8.59. The third kappa shape index (κ3) is 5.50. The van der Waals surface area contributed by atoms with Crippen LogP contribution in [0.1, 0.15) is 56.4 Å². The molecular formula is C23H28O2S. The van der Waals surface area contributed by atoms with E-state index in [0.717, 1.165) is 27.8 Å². The highest BCUT2D eigenvalue weighted by atomic mass is 32.2. The number of carbonyl (C=O) groups excluding carboxylic acids is 1. The fourth-order valence-electron chi connectivity index (χ4n) is 2.79. The number of allylic oxidation sites excluding steroid dienone is 1. The second-order valence-electron chi connectivity index (χ2n) is 7.72. The maximum absolute atomic E-state index is 12.3. The number of benzene rings is 2. The van der Waals surface area contributed by atoms with Crippen molar-refractivity contribution >= 4 is 22.5 Å². The first-order chi connectivity index (χ1) is 12.2. The number of aromatic hydroxyl groups is 1. The summed E-state index contributed by atoms with van der Waals surface area (Å²) >= 11 is 1.37. The van der Waals surface area contributed by atoms with E-state index < -0.39 is 0 Å². The van der Waals surface area contributed by atoms with Crippen molar-refractivity contribution in [3.8, 4) is 5.75 Å². The molecule has 0 radical (unpaired) electrons. The molecule has 0 aromatic heterocycles. The molecule has 138 valence electrons. The van der Waals surface area contributed by atoms with Crippen molar-refractivity contribution in [1.29, 1.82) is 0 Å². The molecule has 0 saturated carbocycles. The fraction of sp³-hybridized carbons (Fsp3) is 0.348. The quantitative estimate of drug-likeness (QED) is 0.668. The van der Waals surface area contributed by atoms with Gasteiger partial charge in [0, 0.05) is 23.3 Å². The molecule has 0 aliphatic heterocycles. The molecule has 0 bridgehead atoms. The molecule has 0 aliphatic carbocycles. The first-order valence-corrected chi connectivity index (χ1v) is 9.89. The van der Waals surface area contributed by atoms with Gasteiger partial charge < -0.3 is 5.11 Å². The highest BCUT2D eigenvalue weighted by molar-refractivity contribution is 8.12. The summed E-state index contributed by atoms with van der Waals surface area (Å²) in [5, 5.41) is 10.8. The van der Waals surface area contributed by atoms with Crippen LogP contribution in [0.15, 0.2) is 49.0 Å². The van der Waals surface area contributed by atoms with Crippen molar-refractivity contribution in [3.05, 3.63) is 71.3 Å². The van der Waals surface area contributed by atoms with E-state index >= 15 is 0 Å². The molecule has 0 saturated heterocycles. The van der Waals surface area contributed by atoms with Crippen LogP contribution in [0, 0.1) is 0 Å². The predicted molar refractivity (Wildman–Crippen MR) is 113 cm³/mol. The predicted octanol–water partition coefficient (Wildman–Crippen LogP) is 6.12. The molecule has 0 spiro atoms. The maximum atomic E-state index is 12.3. The van der Waals surface area contributed by atoms with Crippen LogP contribution in [0.25, 0.3) is 5.57 Å². The molecule has 2 aromatic rings. The lowest BCUT2D eigenvalue weighted by molar-refractivity contribution is -0.110. The number of rotatable bonds is 6. The number of thioether (sulfide) groups is 1. The number of phenols is 1. The average molecular weight is 369 g/mol. The van der Waals surface area contributed by atoms with Crippen LogP contribution in [0.3, 0.4) is 0 Å². The molecule has 0 unspecified atom stereocenters. The Bertz CT molecular complexity index is 786. The zero-order chi connectivity index (χ0) is 19.3. The lowest BCUT2D eigenvalue weighted by Gasteiger charge is -2.23. The van der Waals surface area contributed by atoms with Gasteiger partial charge in [0.25, 0.3) is 0 Å². The summed E-state index contributed by atoms with van der Waals surface area (Å²) in [6, 6.07) is 14.0. The zero-order valence-electron chi connectivity index (χ0n) is 16.1. The van der Waals surface area contributed by atoms with Gasteiger partial charge in [0.2, 0.25) is 0 Å². The smallest absolute Gasteiger partial charge is 0.189 e. The van der Waals surface area contributed by atoms with Crippen LogP contribution < -0.4 is 0 Å². The van der Waals surface area contributed by atoms with E-state index in [2.05, 4.69) is 27.4 Å². The number of hydrogen-bond donors (Lipinski definition) is 1. The Morgan fingerprint density at radius 2 is 1.77 bits per heavy atom. The molecule has 0 heterocycles. The fourth-order valence-corrected chi connectivity index (χ4v) is 3.56. The van der Waals surface area contributed by atoms with Gasteiger partial charge in [-0.15, -0.1) is 0 Å². The topological polar surface area (TPSA) is 37.3 Å². The van der Waals surface area contributed by atoms with Gasteiger partial charge in [-0.1, -0.05) is 75.5 Å². The van der Waals surface area contributed by atoms with Crippen LogP contribution in [-0.2, 0) is 22.4 Å². The summed E-state index contributed by atoms with van der Waals surface area (Å²) in [5.41, 5.74) is 4.57. The van der Waals surface area contributed by atoms with Gasteiger partial charge in [-0.25, -0.2) is 0 Å². The Hall–Kier alpha value is -2.00. The Kier molecular flexibility index (Phi) is 6.71. The van der Waals surface area contributed by atoms with Crippen molar-refractivity contribution in [3.63, 3.8) is 0 Å². The minimum absolute atomic E-state index is 0.170. The van der Waals surface area contributed by atoms with E-state index in [0.29, 0.717) is 24.3 Å². The van der Waals surface area contributed by atoms with Crippen molar-refractivity contribution in [2.45, 2.75) is 51.7 Å². The molecule has 0 fully saturated rings. The van der Waals surface area contributed by atoms with E-state index in [9.17, 15) is 9.90 Å². The molecule has 0 aliphatic rings. The largest absolute Gasteiger partial charge is 0.507 e. The Balaban J connectivity index is 2.07. The van der Waals surface area contributed by atoms with Gasteiger partial charge in [-0.2, -0.15) is 0 Å². The highest BCUT2D eigenvalue weighted by Crippen LogP contribution is 2.37. The lowest BCUT2D eigenvalue weighted by atomic mass is 9.83. The number of carbonyl (C=O) groups is 1. The Labute approximate surface area is 161 Å². The molecule has 3 heteroatoms. The van der Waals surface area contributed by atoms with Gasteiger partial charge >= 0.3 is 0 Å². The monoisotopic (exact) mass is 368 g/mol. The van der Waals surface area contributed by atoms with E-state index in [4.69, 9.17) is 0 Å². The standard InChI is InChI=1S/C23H28O2S/c1-16(2)19-13-18(14-20(22(19)25)23(3,4)5)11-12-21(24)26-15-17-9-7-6-8-10-17/h6-10,13-14,25H,1,11-12,15H2,2-5H3. The molecule has 0 amide bonds. The van der Waals surface area contributed by atoms with Crippen molar-refractivity contribution in [2.75, 3.05) is 0 Å². The molecule has 1 N–H and O–H groups in total. The zero-order valence-corrected chi connectivity index (χ0v) is 17.0. The van der Waals surface area contributed by atoms with Gasteiger partial charge in [0.05, 0.1) is 0 Å². The molecule has 2 rings (SSSR count). The first kappa shape index (κ1) is 20.3. The average Bonchev–Trinajstić information content (AvgIpc) is 2.58. The SMILES string of the molecule is C=C(C)c1cc(CCC(=O)SCc2ccccc2)cc(C(C)(C)C)c1O.